The molecule has 2 unspecified atom stereocenters. The molecule has 0 radical (unpaired) electrons. The molecule has 1 saturated carbocycles. The third-order valence-electron chi connectivity index (χ3n) is 2.09. The van der Waals surface area contributed by atoms with E-state index in [4.69, 9.17) is 11.6 Å². The van der Waals surface area contributed by atoms with Gasteiger partial charge in [-0.3, -0.25) is 9.59 Å². The van der Waals surface area contributed by atoms with Crippen molar-refractivity contribution in [2.75, 3.05) is 7.11 Å². The van der Waals surface area contributed by atoms with Crippen LogP contribution >= 0.6 is 11.6 Å². The van der Waals surface area contributed by atoms with E-state index in [9.17, 15) is 9.59 Å². The van der Waals surface area contributed by atoms with E-state index in [0.29, 0.717) is 12.8 Å². The Morgan fingerprint density at radius 1 is 1.58 bits per heavy atom. The second-order valence-corrected chi connectivity index (χ2v) is 3.40. The molecule has 2 atom stereocenters. The van der Waals surface area contributed by atoms with Crippen molar-refractivity contribution in [2.45, 2.75) is 24.6 Å². The van der Waals surface area contributed by atoms with Crippen LogP contribution in [0.3, 0.4) is 0 Å². The van der Waals surface area contributed by atoms with E-state index >= 15 is 0 Å². The van der Waals surface area contributed by atoms with Gasteiger partial charge in [0.2, 0.25) is 0 Å². The average Bonchev–Trinajstić information content (AvgIpc) is 2.08. The van der Waals surface area contributed by atoms with E-state index in [1.165, 1.54) is 7.11 Å². The first-order chi connectivity index (χ1) is 5.66. The van der Waals surface area contributed by atoms with Crippen LogP contribution in [0, 0.1) is 5.92 Å². The molecule has 0 aromatic carbocycles. The summed E-state index contributed by atoms with van der Waals surface area (Å²) in [5, 5.41) is -0.497. The Bertz CT molecular complexity index is 202. The van der Waals surface area contributed by atoms with E-state index in [1.807, 2.05) is 0 Å². The summed E-state index contributed by atoms with van der Waals surface area (Å²) < 4.78 is 4.49. The van der Waals surface area contributed by atoms with Gasteiger partial charge in [-0.15, -0.1) is 11.6 Å². The van der Waals surface area contributed by atoms with E-state index in [2.05, 4.69) is 4.74 Å². The Hall–Kier alpha value is -0.570. The molecule has 0 N–H and O–H groups in total. The highest BCUT2D eigenvalue weighted by molar-refractivity contribution is 6.33. The number of rotatable bonds is 1. The topological polar surface area (TPSA) is 43.4 Å². The van der Waals surface area contributed by atoms with Crippen molar-refractivity contribution >= 4 is 23.4 Å². The van der Waals surface area contributed by atoms with Crippen molar-refractivity contribution in [1.82, 2.24) is 0 Å². The molecule has 0 saturated heterocycles. The van der Waals surface area contributed by atoms with Crippen molar-refractivity contribution in [3.8, 4) is 0 Å². The molecule has 68 valence electrons. The van der Waals surface area contributed by atoms with Gasteiger partial charge in [-0.1, -0.05) is 6.42 Å². The molecule has 0 amide bonds. The molecule has 0 heterocycles. The van der Waals surface area contributed by atoms with Crippen LogP contribution < -0.4 is 0 Å². The monoisotopic (exact) mass is 190 g/mol. The number of carbonyl (C=O) groups is 2. The number of hydrogen-bond donors (Lipinski definition) is 0. The summed E-state index contributed by atoms with van der Waals surface area (Å²) >= 11 is 5.71. The third kappa shape index (κ3) is 1.78. The normalized spacial score (nSPS) is 30.0. The molecule has 0 bridgehead atoms. The average molecular weight is 191 g/mol. The summed E-state index contributed by atoms with van der Waals surface area (Å²) in [6, 6.07) is 0. The third-order valence-corrected chi connectivity index (χ3v) is 2.52. The van der Waals surface area contributed by atoms with Crippen molar-refractivity contribution in [1.29, 1.82) is 0 Å². The lowest BCUT2D eigenvalue weighted by Crippen LogP contribution is -2.35. The zero-order valence-corrected chi connectivity index (χ0v) is 7.63. The number of esters is 1. The lowest BCUT2D eigenvalue weighted by atomic mass is 9.88. The predicted octanol–water partition coefficient (Wildman–Crippen LogP) is 1.14. The van der Waals surface area contributed by atoms with E-state index < -0.39 is 17.3 Å². The minimum Gasteiger partial charge on any atom is -0.468 e. The van der Waals surface area contributed by atoms with Gasteiger partial charge in [0.1, 0.15) is 5.92 Å². The predicted molar refractivity (Wildman–Crippen MR) is 44.0 cm³/mol. The maximum atomic E-state index is 11.3. The van der Waals surface area contributed by atoms with Gasteiger partial charge in [0, 0.05) is 0 Å². The largest absolute Gasteiger partial charge is 0.468 e. The zero-order chi connectivity index (χ0) is 9.14. The summed E-state index contributed by atoms with van der Waals surface area (Å²) in [6.45, 7) is 0. The van der Waals surface area contributed by atoms with E-state index in [1.54, 1.807) is 0 Å². The number of carbonyl (C=O) groups excluding carboxylic acids is 2. The first kappa shape index (κ1) is 9.52. The lowest BCUT2D eigenvalue weighted by Gasteiger charge is -2.21. The number of methoxy groups -OCH3 is 1. The van der Waals surface area contributed by atoms with Gasteiger partial charge in [-0.2, -0.15) is 0 Å². The van der Waals surface area contributed by atoms with Gasteiger partial charge >= 0.3 is 5.97 Å². The number of halogens is 1. The van der Waals surface area contributed by atoms with Gasteiger partial charge in [0.25, 0.3) is 0 Å². The number of alkyl halides is 1. The second-order valence-electron chi connectivity index (χ2n) is 2.88. The van der Waals surface area contributed by atoms with Gasteiger partial charge in [-0.05, 0) is 12.8 Å². The molecule has 1 aliphatic rings. The number of hydrogen-bond acceptors (Lipinski definition) is 3. The fourth-order valence-corrected chi connectivity index (χ4v) is 1.69. The van der Waals surface area contributed by atoms with Crippen LogP contribution in [0.15, 0.2) is 0 Å². The minimum atomic E-state index is -0.619. The summed E-state index contributed by atoms with van der Waals surface area (Å²) in [6.07, 6.45) is 2.07. The molecule has 1 aliphatic carbocycles. The highest BCUT2D eigenvalue weighted by Gasteiger charge is 2.35. The van der Waals surface area contributed by atoms with Crippen molar-refractivity contribution in [3.05, 3.63) is 0 Å². The van der Waals surface area contributed by atoms with Crippen LogP contribution in [-0.4, -0.2) is 24.2 Å². The molecular weight excluding hydrogens is 180 g/mol. The summed E-state index contributed by atoms with van der Waals surface area (Å²) in [5.41, 5.74) is 0. The molecule has 3 nitrogen and oxygen atoms in total. The van der Waals surface area contributed by atoms with Crippen LogP contribution in [0.2, 0.25) is 0 Å². The first-order valence-electron chi connectivity index (χ1n) is 3.92. The fourth-order valence-electron chi connectivity index (χ4n) is 1.38. The smallest absolute Gasteiger partial charge is 0.316 e. The number of Topliss-reactive ketones (excluding diaryl/α,β-unsaturated/α-hetero) is 1. The Labute approximate surface area is 76.0 Å². The van der Waals surface area contributed by atoms with Crippen LogP contribution in [-0.2, 0) is 14.3 Å². The minimum absolute atomic E-state index is 0.185. The quantitative estimate of drug-likeness (QED) is 0.354. The van der Waals surface area contributed by atoms with Gasteiger partial charge in [0.15, 0.2) is 5.78 Å². The summed E-state index contributed by atoms with van der Waals surface area (Å²) in [4.78, 5) is 22.3. The Kier molecular flexibility index (Phi) is 3.09. The lowest BCUT2D eigenvalue weighted by molar-refractivity contribution is -0.150. The molecule has 4 heteroatoms. The molecular formula is C8H11ClO3. The number of ether oxygens (including phenoxy) is 1. The fraction of sp³-hybridized carbons (Fsp3) is 0.750. The van der Waals surface area contributed by atoms with E-state index in [0.717, 1.165) is 6.42 Å². The maximum Gasteiger partial charge on any atom is 0.316 e. The zero-order valence-electron chi connectivity index (χ0n) is 6.88. The Balaban J connectivity index is 2.64. The van der Waals surface area contributed by atoms with Crippen molar-refractivity contribution in [3.63, 3.8) is 0 Å². The van der Waals surface area contributed by atoms with Gasteiger partial charge in [0.05, 0.1) is 12.5 Å². The van der Waals surface area contributed by atoms with Crippen molar-refractivity contribution in [2.24, 2.45) is 5.92 Å². The summed E-state index contributed by atoms with van der Waals surface area (Å²) in [5.74, 6) is -1.26. The maximum absolute atomic E-state index is 11.3. The van der Waals surface area contributed by atoms with Crippen molar-refractivity contribution < 1.29 is 14.3 Å². The van der Waals surface area contributed by atoms with Crippen LogP contribution in [0.25, 0.3) is 0 Å². The highest BCUT2D eigenvalue weighted by atomic mass is 35.5. The molecule has 1 fully saturated rings. The van der Waals surface area contributed by atoms with Crippen LogP contribution in [0.4, 0.5) is 0 Å². The molecule has 0 spiro atoms. The first-order valence-corrected chi connectivity index (χ1v) is 4.36. The molecule has 1 rings (SSSR count). The van der Waals surface area contributed by atoms with E-state index in [-0.39, 0.29) is 5.78 Å². The van der Waals surface area contributed by atoms with Crippen LogP contribution in [0.1, 0.15) is 19.3 Å². The molecule has 0 aliphatic heterocycles. The Morgan fingerprint density at radius 3 is 2.83 bits per heavy atom. The molecule has 0 aromatic heterocycles. The second kappa shape index (κ2) is 3.90. The van der Waals surface area contributed by atoms with Crippen LogP contribution in [0.5, 0.6) is 0 Å². The standard InChI is InChI=1S/C8H11ClO3/c1-12-8(11)5-3-2-4-6(9)7(5)10/h5-6H,2-4H2,1H3. The number of ketones is 1. The van der Waals surface area contributed by atoms with Gasteiger partial charge < -0.3 is 4.74 Å². The SMILES string of the molecule is COC(=O)C1CCCC(Cl)C1=O. The highest BCUT2D eigenvalue weighted by Crippen LogP contribution is 2.25. The molecule has 0 aromatic rings. The molecule has 12 heavy (non-hydrogen) atoms. The Morgan fingerprint density at radius 2 is 2.25 bits per heavy atom. The summed E-state index contributed by atoms with van der Waals surface area (Å²) in [7, 11) is 1.29. The van der Waals surface area contributed by atoms with Gasteiger partial charge in [-0.25, -0.2) is 0 Å².